The van der Waals surface area contributed by atoms with Crippen molar-refractivity contribution in [3.63, 3.8) is 0 Å². The number of hydrogen-bond acceptors (Lipinski definition) is 6. The lowest BCUT2D eigenvalue weighted by molar-refractivity contribution is 0.122. The first-order chi connectivity index (χ1) is 11.9. The van der Waals surface area contributed by atoms with Gasteiger partial charge in [-0.2, -0.15) is 5.10 Å². The number of H-pyrrole nitrogens is 1. The predicted octanol–water partition coefficient (Wildman–Crippen LogP) is 3.07. The number of ether oxygens (including phenoxy) is 1. The summed E-state index contributed by atoms with van der Waals surface area (Å²) in [5, 5.41) is 8.06. The molecule has 1 N–H and O–H groups in total. The number of benzene rings is 1. The molecule has 0 saturated carbocycles. The van der Waals surface area contributed by atoms with E-state index in [1.54, 1.807) is 17.5 Å². The van der Waals surface area contributed by atoms with Crippen LogP contribution in [0.5, 0.6) is 0 Å². The van der Waals surface area contributed by atoms with Gasteiger partial charge < -0.3 is 9.64 Å². The Hall–Kier alpha value is -2.51. The summed E-state index contributed by atoms with van der Waals surface area (Å²) in [6.07, 6.45) is 3.59. The van der Waals surface area contributed by atoms with Gasteiger partial charge in [-0.1, -0.05) is 18.2 Å². The first-order valence-electron chi connectivity index (χ1n) is 7.91. The largest absolute Gasteiger partial charge is 0.378 e. The van der Waals surface area contributed by atoms with E-state index in [1.807, 2.05) is 6.20 Å². The number of anilines is 1. The van der Waals surface area contributed by atoms with Crippen molar-refractivity contribution in [2.75, 3.05) is 31.2 Å². The molecule has 24 heavy (non-hydrogen) atoms. The first kappa shape index (κ1) is 13.9. The van der Waals surface area contributed by atoms with Gasteiger partial charge in [0.1, 0.15) is 0 Å². The average Bonchev–Trinajstić information content (AvgIpc) is 3.29. The molecule has 7 heteroatoms. The van der Waals surface area contributed by atoms with E-state index in [0.717, 1.165) is 47.9 Å². The van der Waals surface area contributed by atoms with Crippen molar-refractivity contribution < 1.29 is 4.74 Å². The van der Waals surface area contributed by atoms with E-state index in [9.17, 15) is 0 Å². The van der Waals surface area contributed by atoms with Crippen LogP contribution in [0.3, 0.4) is 0 Å². The van der Waals surface area contributed by atoms with Crippen LogP contribution in [0.2, 0.25) is 0 Å². The second-order valence-electron chi connectivity index (χ2n) is 5.73. The third-order valence-corrected chi connectivity index (χ3v) is 5.42. The number of thiophene rings is 1. The number of aromatic amines is 1. The van der Waals surface area contributed by atoms with Crippen LogP contribution in [-0.2, 0) is 4.74 Å². The molecule has 120 valence electrons. The van der Waals surface area contributed by atoms with E-state index in [2.05, 4.69) is 39.4 Å². The van der Waals surface area contributed by atoms with Gasteiger partial charge in [-0.05, 0) is 6.07 Å². The van der Waals surface area contributed by atoms with Crippen molar-refractivity contribution in [1.29, 1.82) is 0 Å². The zero-order valence-electron chi connectivity index (χ0n) is 12.9. The summed E-state index contributed by atoms with van der Waals surface area (Å²) in [5.74, 6) is 1.71. The quantitative estimate of drug-likeness (QED) is 0.609. The number of nitrogens with zero attached hydrogens (tertiary/aromatic N) is 4. The number of rotatable bonds is 2. The summed E-state index contributed by atoms with van der Waals surface area (Å²) in [7, 11) is 0. The van der Waals surface area contributed by atoms with Crippen molar-refractivity contribution in [3.8, 4) is 11.4 Å². The minimum Gasteiger partial charge on any atom is -0.378 e. The highest BCUT2D eigenvalue weighted by Crippen LogP contribution is 2.38. The molecule has 0 bridgehead atoms. The van der Waals surface area contributed by atoms with Crippen molar-refractivity contribution in [2.24, 2.45) is 0 Å². The van der Waals surface area contributed by atoms with Gasteiger partial charge in [0.15, 0.2) is 11.6 Å². The number of fused-ring (bicyclic) bond motifs is 3. The highest BCUT2D eigenvalue weighted by atomic mass is 32.1. The molecular formula is C17H15N5OS. The van der Waals surface area contributed by atoms with E-state index < -0.39 is 0 Å². The molecule has 0 aliphatic carbocycles. The zero-order valence-corrected chi connectivity index (χ0v) is 13.7. The molecule has 1 aliphatic rings. The van der Waals surface area contributed by atoms with E-state index in [4.69, 9.17) is 14.7 Å². The summed E-state index contributed by atoms with van der Waals surface area (Å²) in [6, 6.07) is 8.39. The smallest absolute Gasteiger partial charge is 0.165 e. The molecule has 1 saturated heterocycles. The minimum atomic E-state index is 0.710. The second-order valence-corrected chi connectivity index (χ2v) is 6.79. The number of hydrogen-bond donors (Lipinski definition) is 1. The summed E-state index contributed by atoms with van der Waals surface area (Å²) in [6.45, 7) is 3.17. The maximum atomic E-state index is 5.50. The van der Waals surface area contributed by atoms with Crippen LogP contribution >= 0.6 is 11.3 Å². The molecule has 3 aromatic heterocycles. The number of morpholine rings is 1. The molecule has 1 aromatic carbocycles. The second kappa shape index (κ2) is 5.54. The molecule has 0 atom stereocenters. The Labute approximate surface area is 142 Å². The van der Waals surface area contributed by atoms with Crippen molar-refractivity contribution in [3.05, 3.63) is 36.7 Å². The molecule has 1 aliphatic heterocycles. The number of nitrogens with one attached hydrogen (secondary N) is 1. The van der Waals surface area contributed by atoms with Crippen LogP contribution in [0.1, 0.15) is 0 Å². The summed E-state index contributed by atoms with van der Waals surface area (Å²) in [5.41, 5.74) is 1.92. The summed E-state index contributed by atoms with van der Waals surface area (Å²) >= 11 is 1.76. The Morgan fingerprint density at radius 1 is 1.12 bits per heavy atom. The average molecular weight is 337 g/mol. The predicted molar refractivity (Wildman–Crippen MR) is 95.5 cm³/mol. The summed E-state index contributed by atoms with van der Waals surface area (Å²) < 4.78 is 7.88. The molecule has 4 aromatic rings. The van der Waals surface area contributed by atoms with Crippen molar-refractivity contribution in [1.82, 2.24) is 20.2 Å². The number of aromatic nitrogens is 4. The maximum absolute atomic E-state index is 5.50. The monoisotopic (exact) mass is 337 g/mol. The fourth-order valence-electron chi connectivity index (χ4n) is 3.07. The van der Waals surface area contributed by atoms with E-state index in [1.165, 1.54) is 10.1 Å². The third-order valence-electron chi connectivity index (χ3n) is 4.27. The lowest BCUT2D eigenvalue weighted by Gasteiger charge is -2.28. The van der Waals surface area contributed by atoms with E-state index in [-0.39, 0.29) is 0 Å². The van der Waals surface area contributed by atoms with Gasteiger partial charge in [0.05, 0.1) is 35.2 Å². The van der Waals surface area contributed by atoms with Gasteiger partial charge in [0.2, 0.25) is 0 Å². The van der Waals surface area contributed by atoms with Crippen molar-refractivity contribution >= 4 is 37.5 Å². The molecular weight excluding hydrogens is 322 g/mol. The molecule has 0 spiro atoms. The first-order valence-corrected chi connectivity index (χ1v) is 8.73. The van der Waals surface area contributed by atoms with Crippen molar-refractivity contribution in [2.45, 2.75) is 0 Å². The Morgan fingerprint density at radius 2 is 2.00 bits per heavy atom. The highest BCUT2D eigenvalue weighted by Gasteiger charge is 2.21. The van der Waals surface area contributed by atoms with Crippen LogP contribution in [0.4, 0.5) is 5.82 Å². The maximum Gasteiger partial charge on any atom is 0.165 e. The normalized spacial score (nSPS) is 15.4. The Bertz CT molecular complexity index is 1000. The Balaban J connectivity index is 1.81. The van der Waals surface area contributed by atoms with Crippen LogP contribution in [0.15, 0.2) is 36.7 Å². The van der Waals surface area contributed by atoms with E-state index >= 15 is 0 Å². The van der Waals surface area contributed by atoms with Crippen LogP contribution in [0, 0.1) is 0 Å². The van der Waals surface area contributed by atoms with Gasteiger partial charge in [0.25, 0.3) is 0 Å². The van der Waals surface area contributed by atoms with Crippen LogP contribution in [-0.4, -0.2) is 46.5 Å². The fourth-order valence-corrected chi connectivity index (χ4v) is 4.23. The molecule has 0 amide bonds. The molecule has 6 nitrogen and oxygen atoms in total. The summed E-state index contributed by atoms with van der Waals surface area (Å²) in [4.78, 5) is 12.0. The zero-order chi connectivity index (χ0) is 15.9. The molecule has 0 unspecified atom stereocenters. The van der Waals surface area contributed by atoms with Gasteiger partial charge >= 0.3 is 0 Å². The topological polar surface area (TPSA) is 66.9 Å². The van der Waals surface area contributed by atoms with Crippen LogP contribution in [0.25, 0.3) is 31.7 Å². The van der Waals surface area contributed by atoms with Crippen LogP contribution < -0.4 is 4.90 Å². The molecule has 4 heterocycles. The van der Waals surface area contributed by atoms with Gasteiger partial charge in [-0.15, -0.1) is 11.3 Å². The molecule has 5 rings (SSSR count). The van der Waals surface area contributed by atoms with Gasteiger partial charge in [-0.3, -0.25) is 5.10 Å². The Kier molecular flexibility index (Phi) is 3.20. The van der Waals surface area contributed by atoms with Gasteiger partial charge in [0, 0.05) is 29.4 Å². The SMILES string of the molecule is c1ccc2c(c1)sc1c(N3CCOCC3)nc(-c3cn[nH]c3)nc12. The Morgan fingerprint density at radius 3 is 2.83 bits per heavy atom. The minimum absolute atomic E-state index is 0.710. The lowest BCUT2D eigenvalue weighted by Crippen LogP contribution is -2.36. The lowest BCUT2D eigenvalue weighted by atomic mass is 10.2. The highest BCUT2D eigenvalue weighted by molar-refractivity contribution is 7.26. The van der Waals surface area contributed by atoms with E-state index in [0.29, 0.717) is 5.82 Å². The molecule has 0 radical (unpaired) electrons. The van der Waals surface area contributed by atoms with Gasteiger partial charge in [-0.25, -0.2) is 9.97 Å². The standard InChI is InChI=1S/C17H15N5OS/c1-2-4-13-12(3-1)14-15(24-13)17(22-5-7-23-8-6-22)21-16(20-14)11-9-18-19-10-11/h1-4,9-10H,5-8H2,(H,18,19). The fraction of sp³-hybridized carbons (Fsp3) is 0.235. The third kappa shape index (κ3) is 2.16. The molecule has 1 fully saturated rings.